The van der Waals surface area contributed by atoms with E-state index in [0.29, 0.717) is 12.3 Å². The number of aromatic nitrogens is 5. The van der Waals surface area contributed by atoms with Crippen LogP contribution in [0.2, 0.25) is 0 Å². The van der Waals surface area contributed by atoms with Crippen molar-refractivity contribution in [2.45, 2.75) is 38.1 Å². The highest BCUT2D eigenvalue weighted by Crippen LogP contribution is 2.36. The van der Waals surface area contributed by atoms with Crippen LogP contribution in [0.15, 0.2) is 37.1 Å². The minimum Gasteiger partial charge on any atom is -0.303 e. The second kappa shape index (κ2) is 5.95. The maximum Gasteiger partial charge on any atom is 0.137 e. The van der Waals surface area contributed by atoms with Crippen molar-refractivity contribution in [3.05, 3.63) is 37.1 Å². The highest BCUT2D eigenvalue weighted by Gasteiger charge is 2.27. The number of carbonyl (C=O) groups excluding carboxylic acids is 1. The van der Waals surface area contributed by atoms with Crippen LogP contribution in [0.3, 0.4) is 0 Å². The van der Waals surface area contributed by atoms with Crippen molar-refractivity contribution < 1.29 is 4.79 Å². The quantitative estimate of drug-likeness (QED) is 0.680. The van der Waals surface area contributed by atoms with Gasteiger partial charge in [-0.05, 0) is 30.9 Å². The number of hydrogen-bond acceptors (Lipinski definition) is 4. The average Bonchev–Trinajstić information content (AvgIpc) is 3.32. The van der Waals surface area contributed by atoms with E-state index in [9.17, 15) is 4.79 Å². The topological polar surface area (TPSA) is 65.1 Å². The molecule has 0 aliphatic heterocycles. The smallest absolute Gasteiger partial charge is 0.137 e. The van der Waals surface area contributed by atoms with Crippen LogP contribution < -0.4 is 0 Å². The van der Waals surface area contributed by atoms with Crippen LogP contribution in [0.25, 0.3) is 16.8 Å². The van der Waals surface area contributed by atoms with Gasteiger partial charge in [-0.3, -0.25) is 4.68 Å². The maximum atomic E-state index is 11.1. The van der Waals surface area contributed by atoms with Crippen LogP contribution >= 0.6 is 0 Å². The average molecular weight is 309 g/mol. The standard InChI is InChI=1S/C17H19N5O/c23-9-7-15(13-4-1-2-5-13)22-11-14(10-19-22)17-16-6-3-8-21(16)20-12-18-17/h3,6,8-13,15H,1-2,4-5,7H2/t15-/m1/s1. The van der Waals surface area contributed by atoms with E-state index >= 15 is 0 Å². The van der Waals surface area contributed by atoms with Crippen molar-refractivity contribution in [2.24, 2.45) is 5.92 Å². The summed E-state index contributed by atoms with van der Waals surface area (Å²) in [6.07, 6.45) is 13.7. The van der Waals surface area contributed by atoms with Crippen molar-refractivity contribution >= 4 is 11.8 Å². The van der Waals surface area contributed by atoms with Crippen LogP contribution in [0.1, 0.15) is 38.1 Å². The van der Waals surface area contributed by atoms with E-state index < -0.39 is 0 Å². The van der Waals surface area contributed by atoms with Gasteiger partial charge in [0.05, 0.1) is 17.8 Å². The molecule has 0 saturated heterocycles. The van der Waals surface area contributed by atoms with E-state index in [2.05, 4.69) is 15.2 Å². The monoisotopic (exact) mass is 309 g/mol. The van der Waals surface area contributed by atoms with Gasteiger partial charge in [0.15, 0.2) is 0 Å². The molecule has 3 aromatic rings. The van der Waals surface area contributed by atoms with Crippen LogP contribution in [0.5, 0.6) is 0 Å². The number of rotatable bonds is 5. The zero-order chi connectivity index (χ0) is 15.6. The lowest BCUT2D eigenvalue weighted by atomic mass is 9.96. The molecule has 118 valence electrons. The third-order valence-electron chi connectivity index (χ3n) is 4.83. The number of fused-ring (bicyclic) bond motifs is 1. The molecular weight excluding hydrogens is 290 g/mol. The predicted octanol–water partition coefficient (Wildman–Crippen LogP) is 2.91. The Bertz CT molecular complexity index is 815. The largest absolute Gasteiger partial charge is 0.303 e. The summed E-state index contributed by atoms with van der Waals surface area (Å²) < 4.78 is 3.76. The summed E-state index contributed by atoms with van der Waals surface area (Å²) in [5, 5.41) is 8.73. The maximum absolute atomic E-state index is 11.1. The molecule has 4 rings (SSSR count). The summed E-state index contributed by atoms with van der Waals surface area (Å²) in [7, 11) is 0. The molecule has 1 fully saturated rings. The Labute approximate surface area is 134 Å². The van der Waals surface area contributed by atoms with Gasteiger partial charge < -0.3 is 4.79 Å². The van der Waals surface area contributed by atoms with E-state index in [4.69, 9.17) is 0 Å². The molecule has 0 radical (unpaired) electrons. The van der Waals surface area contributed by atoms with Gasteiger partial charge in [0.1, 0.15) is 18.3 Å². The summed E-state index contributed by atoms with van der Waals surface area (Å²) >= 11 is 0. The van der Waals surface area contributed by atoms with Crippen LogP contribution in [-0.2, 0) is 4.79 Å². The first-order chi connectivity index (χ1) is 11.4. The number of aldehydes is 1. The normalized spacial score (nSPS) is 16.9. The third-order valence-corrected chi connectivity index (χ3v) is 4.83. The molecule has 6 nitrogen and oxygen atoms in total. The molecule has 0 spiro atoms. The Hall–Kier alpha value is -2.50. The van der Waals surface area contributed by atoms with Gasteiger partial charge in [0, 0.05) is 24.4 Å². The van der Waals surface area contributed by atoms with E-state index in [1.165, 1.54) is 25.7 Å². The van der Waals surface area contributed by atoms with E-state index in [1.54, 1.807) is 10.8 Å². The van der Waals surface area contributed by atoms with Crippen LogP contribution in [0, 0.1) is 5.92 Å². The summed E-state index contributed by atoms with van der Waals surface area (Å²) in [5.41, 5.74) is 2.79. The highest BCUT2D eigenvalue weighted by atomic mass is 16.1. The molecule has 0 bridgehead atoms. The Morgan fingerprint density at radius 2 is 2.17 bits per heavy atom. The van der Waals surface area contributed by atoms with Gasteiger partial charge in [-0.2, -0.15) is 10.2 Å². The molecular formula is C17H19N5O. The van der Waals surface area contributed by atoms with E-state index in [0.717, 1.165) is 23.1 Å². The first kappa shape index (κ1) is 14.1. The number of hydrogen-bond donors (Lipinski definition) is 0. The van der Waals surface area contributed by atoms with Gasteiger partial charge in [-0.15, -0.1) is 0 Å². The minimum absolute atomic E-state index is 0.161. The Morgan fingerprint density at radius 1 is 1.30 bits per heavy atom. The lowest BCUT2D eigenvalue weighted by molar-refractivity contribution is -0.108. The fourth-order valence-electron chi connectivity index (χ4n) is 3.69. The van der Waals surface area contributed by atoms with Gasteiger partial charge >= 0.3 is 0 Å². The molecule has 1 aliphatic carbocycles. The fraction of sp³-hybridized carbons (Fsp3) is 0.412. The predicted molar refractivity (Wildman–Crippen MR) is 85.9 cm³/mol. The van der Waals surface area contributed by atoms with E-state index in [-0.39, 0.29) is 6.04 Å². The van der Waals surface area contributed by atoms with Crippen LogP contribution in [0.4, 0.5) is 0 Å². The summed E-state index contributed by atoms with van der Waals surface area (Å²) in [6, 6.07) is 4.10. The van der Waals surface area contributed by atoms with Crippen molar-refractivity contribution in [2.75, 3.05) is 0 Å². The van der Waals surface area contributed by atoms with Gasteiger partial charge in [0.25, 0.3) is 0 Å². The van der Waals surface area contributed by atoms with Gasteiger partial charge in [-0.1, -0.05) is 12.8 Å². The Kier molecular flexibility index (Phi) is 3.65. The molecule has 0 unspecified atom stereocenters. The molecule has 23 heavy (non-hydrogen) atoms. The first-order valence-electron chi connectivity index (χ1n) is 8.13. The third kappa shape index (κ3) is 2.54. The molecule has 0 aromatic carbocycles. The zero-order valence-electron chi connectivity index (χ0n) is 12.9. The molecule has 3 aromatic heterocycles. The Morgan fingerprint density at radius 3 is 3.00 bits per heavy atom. The van der Waals surface area contributed by atoms with Crippen molar-refractivity contribution in [1.29, 1.82) is 0 Å². The zero-order valence-corrected chi connectivity index (χ0v) is 12.9. The van der Waals surface area contributed by atoms with Gasteiger partial charge in [0.2, 0.25) is 0 Å². The van der Waals surface area contributed by atoms with Gasteiger partial charge in [-0.25, -0.2) is 9.50 Å². The lowest BCUT2D eigenvalue weighted by Gasteiger charge is -2.21. The molecule has 1 saturated carbocycles. The second-order valence-electron chi connectivity index (χ2n) is 6.17. The van der Waals surface area contributed by atoms with Crippen molar-refractivity contribution in [3.8, 4) is 11.3 Å². The van der Waals surface area contributed by atoms with Crippen LogP contribution in [-0.4, -0.2) is 30.7 Å². The summed E-state index contributed by atoms with van der Waals surface area (Å²) in [4.78, 5) is 15.5. The van der Waals surface area contributed by atoms with E-state index in [1.807, 2.05) is 35.4 Å². The number of carbonyl (C=O) groups is 1. The molecule has 6 heteroatoms. The Balaban J connectivity index is 1.70. The van der Waals surface area contributed by atoms with Crippen molar-refractivity contribution in [1.82, 2.24) is 24.4 Å². The highest BCUT2D eigenvalue weighted by molar-refractivity contribution is 5.75. The molecule has 0 N–H and O–H groups in total. The summed E-state index contributed by atoms with van der Waals surface area (Å²) in [5.74, 6) is 0.548. The lowest BCUT2D eigenvalue weighted by Crippen LogP contribution is -2.18. The summed E-state index contributed by atoms with van der Waals surface area (Å²) in [6.45, 7) is 0. The molecule has 1 aliphatic rings. The fourth-order valence-corrected chi connectivity index (χ4v) is 3.69. The van der Waals surface area contributed by atoms with Crippen molar-refractivity contribution in [3.63, 3.8) is 0 Å². The second-order valence-corrected chi connectivity index (χ2v) is 6.17. The minimum atomic E-state index is 0.161. The SMILES string of the molecule is O=CC[C@H](C1CCCC1)n1cc(-c2ncnn3cccc23)cn1. The first-order valence-corrected chi connectivity index (χ1v) is 8.13. The molecule has 3 heterocycles. The molecule has 0 amide bonds. The number of nitrogens with zero attached hydrogens (tertiary/aromatic N) is 5. The molecule has 1 atom stereocenters.